The van der Waals surface area contributed by atoms with Gasteiger partial charge >= 0.3 is 0 Å². The Morgan fingerprint density at radius 1 is 1.07 bits per heavy atom. The number of benzene rings is 2. The molecule has 1 spiro atoms. The maximum absolute atomic E-state index is 13.2. The van der Waals surface area contributed by atoms with Crippen molar-refractivity contribution in [3.8, 4) is 5.75 Å². The van der Waals surface area contributed by atoms with Crippen LogP contribution in [0.3, 0.4) is 0 Å². The van der Waals surface area contributed by atoms with Gasteiger partial charge in [0.1, 0.15) is 5.75 Å². The van der Waals surface area contributed by atoms with E-state index in [9.17, 15) is 4.79 Å². The number of fused-ring (bicyclic) bond motifs is 2. The second-order valence-electron chi connectivity index (χ2n) is 7.39. The van der Waals surface area contributed by atoms with Gasteiger partial charge in [-0.15, -0.1) is 0 Å². The summed E-state index contributed by atoms with van der Waals surface area (Å²) in [6, 6.07) is 13.3. The summed E-state index contributed by atoms with van der Waals surface area (Å²) in [5, 5.41) is 0.513. The third kappa shape index (κ3) is 3.87. The topological polar surface area (TPSA) is 48.0 Å². The van der Waals surface area contributed by atoms with Crippen molar-refractivity contribution in [2.24, 2.45) is 0 Å². The zero-order chi connectivity index (χ0) is 20.3. The minimum atomic E-state index is -1.36. The van der Waals surface area contributed by atoms with Crippen molar-refractivity contribution in [3.05, 3.63) is 58.6 Å². The largest absolute Gasteiger partial charge is 0.494 e. The van der Waals surface area contributed by atoms with Crippen molar-refractivity contribution >= 4 is 23.2 Å². The van der Waals surface area contributed by atoms with Crippen LogP contribution in [-0.4, -0.2) is 25.7 Å². The quantitative estimate of drug-likeness (QED) is 0.566. The zero-order valence-corrected chi connectivity index (χ0v) is 17.4. The molecule has 2 heterocycles. The monoisotopic (exact) mass is 415 g/mol. The van der Waals surface area contributed by atoms with Crippen LogP contribution < -0.4 is 9.64 Å². The SMILES string of the molecule is CCCCCCOc1ccc(CN2C(=O)C3(OCCO3)c3cccc(Cl)c32)cc1. The van der Waals surface area contributed by atoms with Crippen LogP contribution in [0.5, 0.6) is 5.75 Å². The fourth-order valence-electron chi connectivity index (χ4n) is 3.88. The number of rotatable bonds is 8. The van der Waals surface area contributed by atoms with Crippen LogP contribution >= 0.6 is 11.6 Å². The van der Waals surface area contributed by atoms with Crippen molar-refractivity contribution in [3.63, 3.8) is 0 Å². The summed E-state index contributed by atoms with van der Waals surface area (Å²) in [7, 11) is 0. The number of halogens is 1. The molecule has 1 amide bonds. The van der Waals surface area contributed by atoms with Gasteiger partial charge in [0.2, 0.25) is 0 Å². The molecule has 6 heteroatoms. The first-order valence-corrected chi connectivity index (χ1v) is 10.6. The van der Waals surface area contributed by atoms with Crippen molar-refractivity contribution in [2.75, 3.05) is 24.7 Å². The molecule has 0 unspecified atom stereocenters. The van der Waals surface area contributed by atoms with E-state index in [0.717, 1.165) is 24.3 Å². The lowest BCUT2D eigenvalue weighted by molar-refractivity contribution is -0.180. The van der Waals surface area contributed by atoms with Crippen LogP contribution in [-0.2, 0) is 26.6 Å². The van der Waals surface area contributed by atoms with E-state index in [4.69, 9.17) is 25.8 Å². The van der Waals surface area contributed by atoms with Crippen molar-refractivity contribution in [2.45, 2.75) is 44.9 Å². The second-order valence-corrected chi connectivity index (χ2v) is 7.80. The number of anilines is 1. The lowest BCUT2D eigenvalue weighted by Gasteiger charge is -2.22. The molecule has 0 atom stereocenters. The third-order valence-corrected chi connectivity index (χ3v) is 5.67. The van der Waals surface area contributed by atoms with Gasteiger partial charge in [-0.3, -0.25) is 4.79 Å². The Morgan fingerprint density at radius 3 is 2.55 bits per heavy atom. The molecule has 0 saturated carbocycles. The number of hydrogen-bond acceptors (Lipinski definition) is 4. The van der Waals surface area contributed by atoms with E-state index in [1.807, 2.05) is 36.4 Å². The molecular weight excluding hydrogens is 390 g/mol. The van der Waals surface area contributed by atoms with Crippen molar-refractivity contribution < 1.29 is 19.0 Å². The van der Waals surface area contributed by atoms with E-state index in [-0.39, 0.29) is 5.91 Å². The summed E-state index contributed by atoms with van der Waals surface area (Å²) >= 11 is 6.45. The van der Waals surface area contributed by atoms with Gasteiger partial charge in [-0.25, -0.2) is 0 Å². The molecule has 2 aliphatic rings. The van der Waals surface area contributed by atoms with E-state index in [2.05, 4.69) is 6.92 Å². The predicted molar refractivity (Wildman–Crippen MR) is 112 cm³/mol. The number of para-hydroxylation sites is 1. The highest BCUT2D eigenvalue weighted by molar-refractivity contribution is 6.35. The molecule has 1 fully saturated rings. The van der Waals surface area contributed by atoms with Crippen molar-refractivity contribution in [1.29, 1.82) is 0 Å². The van der Waals surface area contributed by atoms with Gasteiger partial charge < -0.3 is 19.1 Å². The number of unbranched alkanes of at least 4 members (excludes halogenated alkanes) is 3. The number of amides is 1. The summed E-state index contributed by atoms with van der Waals surface area (Å²) in [6.45, 7) is 4.08. The highest BCUT2D eigenvalue weighted by atomic mass is 35.5. The van der Waals surface area contributed by atoms with Crippen molar-refractivity contribution in [1.82, 2.24) is 0 Å². The molecule has 29 heavy (non-hydrogen) atoms. The fourth-order valence-corrected chi connectivity index (χ4v) is 4.16. The maximum Gasteiger partial charge on any atom is 0.292 e. The lowest BCUT2D eigenvalue weighted by atomic mass is 10.1. The van der Waals surface area contributed by atoms with Gasteiger partial charge in [0.25, 0.3) is 11.7 Å². The van der Waals surface area contributed by atoms with Crippen LogP contribution in [0.2, 0.25) is 5.02 Å². The van der Waals surface area contributed by atoms with Gasteiger partial charge in [0.05, 0.1) is 37.1 Å². The molecule has 2 aromatic carbocycles. The Kier molecular flexibility index (Phi) is 6.09. The standard InChI is InChI=1S/C23H26ClNO4/c1-2-3-4-5-13-27-18-11-9-17(10-12-18)16-25-21-19(7-6-8-20(21)24)23(22(25)26)28-14-15-29-23/h6-12H,2-5,13-16H2,1H3. The van der Waals surface area contributed by atoms with Crippen LogP contribution in [0.4, 0.5) is 5.69 Å². The summed E-state index contributed by atoms with van der Waals surface area (Å²) in [4.78, 5) is 14.9. The first-order chi connectivity index (χ1) is 14.2. The van der Waals surface area contributed by atoms with Crippen LogP contribution in [0, 0.1) is 0 Å². The number of hydrogen-bond donors (Lipinski definition) is 0. The average molecular weight is 416 g/mol. The molecule has 5 nitrogen and oxygen atoms in total. The molecule has 2 aromatic rings. The molecule has 1 saturated heterocycles. The highest BCUT2D eigenvalue weighted by Crippen LogP contribution is 2.49. The molecule has 0 N–H and O–H groups in total. The molecule has 154 valence electrons. The summed E-state index contributed by atoms with van der Waals surface area (Å²) < 4.78 is 17.3. The second kappa shape index (κ2) is 8.74. The maximum atomic E-state index is 13.2. The van der Waals surface area contributed by atoms with Crippen LogP contribution in [0.15, 0.2) is 42.5 Å². The number of carbonyl (C=O) groups is 1. The predicted octanol–water partition coefficient (Wildman–Crippen LogP) is 5.05. The summed E-state index contributed by atoms with van der Waals surface area (Å²) in [6.07, 6.45) is 4.71. The van der Waals surface area contributed by atoms with Gasteiger partial charge in [0.15, 0.2) is 0 Å². The first kappa shape index (κ1) is 20.2. The highest BCUT2D eigenvalue weighted by Gasteiger charge is 2.56. The molecular formula is C23H26ClNO4. The van der Waals surface area contributed by atoms with Crippen LogP contribution in [0.1, 0.15) is 43.7 Å². The van der Waals surface area contributed by atoms with Gasteiger partial charge in [-0.1, -0.05) is 62.1 Å². The third-order valence-electron chi connectivity index (χ3n) is 5.36. The molecule has 0 aliphatic carbocycles. The van der Waals surface area contributed by atoms with Gasteiger partial charge in [-0.05, 0) is 30.2 Å². The lowest BCUT2D eigenvalue weighted by Crippen LogP contribution is -2.40. The molecule has 0 radical (unpaired) electrons. The minimum absolute atomic E-state index is 0.227. The van der Waals surface area contributed by atoms with E-state index in [0.29, 0.717) is 36.0 Å². The van der Waals surface area contributed by atoms with Gasteiger partial charge in [-0.2, -0.15) is 0 Å². The molecule has 0 aromatic heterocycles. The Balaban J connectivity index is 1.48. The zero-order valence-electron chi connectivity index (χ0n) is 16.7. The first-order valence-electron chi connectivity index (χ1n) is 10.3. The Hall–Kier alpha value is -2.08. The van der Waals surface area contributed by atoms with E-state index < -0.39 is 5.79 Å². The van der Waals surface area contributed by atoms with Gasteiger partial charge in [0, 0.05) is 5.56 Å². The number of ether oxygens (including phenoxy) is 3. The Labute approximate surface area is 176 Å². The average Bonchev–Trinajstić information content (AvgIpc) is 3.31. The Bertz CT molecular complexity index is 862. The molecule has 0 bridgehead atoms. The summed E-state index contributed by atoms with van der Waals surface area (Å²) in [5.41, 5.74) is 2.33. The normalized spacial score (nSPS) is 17.2. The van der Waals surface area contributed by atoms with E-state index >= 15 is 0 Å². The Morgan fingerprint density at radius 2 is 1.83 bits per heavy atom. The van der Waals surface area contributed by atoms with Crippen LogP contribution in [0.25, 0.3) is 0 Å². The smallest absolute Gasteiger partial charge is 0.292 e. The van der Waals surface area contributed by atoms with E-state index in [1.54, 1.807) is 11.0 Å². The molecule has 4 rings (SSSR count). The number of nitrogens with zero attached hydrogens (tertiary/aromatic N) is 1. The fraction of sp³-hybridized carbons (Fsp3) is 0.435. The molecule has 2 aliphatic heterocycles. The van der Waals surface area contributed by atoms with E-state index in [1.165, 1.54) is 19.3 Å². The number of carbonyl (C=O) groups excluding carboxylic acids is 1. The minimum Gasteiger partial charge on any atom is -0.494 e. The summed E-state index contributed by atoms with van der Waals surface area (Å²) in [5.74, 6) is -0.744.